The molecule has 16 heavy (non-hydrogen) atoms. The zero-order valence-electron chi connectivity index (χ0n) is 8.27. The first-order valence-corrected chi connectivity index (χ1v) is 4.32. The maximum absolute atomic E-state index is 13.1. The van der Waals surface area contributed by atoms with Crippen molar-refractivity contribution < 1.29 is 27.1 Å². The highest BCUT2D eigenvalue weighted by Gasteiger charge is 2.33. The first kappa shape index (κ1) is 12.5. The van der Waals surface area contributed by atoms with Crippen molar-refractivity contribution in [2.75, 3.05) is 0 Å². The van der Waals surface area contributed by atoms with Crippen LogP contribution >= 0.6 is 0 Å². The molecule has 1 aromatic rings. The minimum atomic E-state index is -4.98. The lowest BCUT2D eigenvalue weighted by molar-refractivity contribution is -0.275. The number of rotatable bonds is 3. The molecule has 6 heteroatoms. The van der Waals surface area contributed by atoms with E-state index >= 15 is 0 Å². The van der Waals surface area contributed by atoms with Gasteiger partial charge in [-0.2, -0.15) is 0 Å². The van der Waals surface area contributed by atoms with Gasteiger partial charge >= 0.3 is 6.36 Å². The molecule has 88 valence electrons. The quantitative estimate of drug-likeness (QED) is 0.754. The van der Waals surface area contributed by atoms with Crippen molar-refractivity contribution in [2.24, 2.45) is 0 Å². The molecule has 0 saturated heterocycles. The molecule has 0 unspecified atom stereocenters. The molecule has 0 fully saturated rings. The number of para-hydroxylation sites is 1. The molecule has 0 saturated carbocycles. The Labute approximate surface area is 88.8 Å². The highest BCUT2D eigenvalue weighted by atomic mass is 19.4. The highest BCUT2D eigenvalue weighted by Crippen LogP contribution is 2.29. The molecule has 0 atom stereocenters. The number of halogens is 4. The van der Waals surface area contributed by atoms with Crippen LogP contribution in [0.3, 0.4) is 0 Å². The number of hydrogen-bond acceptors (Lipinski definition) is 2. The number of Topliss-reactive ketones (excluding diaryl/α,β-unsaturated/α-hetero) is 1. The van der Waals surface area contributed by atoms with Crippen LogP contribution in [-0.2, 0) is 11.2 Å². The third-order valence-electron chi connectivity index (χ3n) is 1.71. The second-order valence-corrected chi connectivity index (χ2v) is 3.15. The Bertz CT molecular complexity index is 398. The van der Waals surface area contributed by atoms with Crippen LogP contribution in [0.15, 0.2) is 18.2 Å². The van der Waals surface area contributed by atoms with Gasteiger partial charge in [-0.1, -0.05) is 12.1 Å². The average molecular weight is 236 g/mol. The molecule has 1 rings (SSSR count). The molecule has 0 aliphatic rings. The van der Waals surface area contributed by atoms with Crippen molar-refractivity contribution in [1.82, 2.24) is 0 Å². The molecule has 0 aliphatic heterocycles. The number of alkyl halides is 3. The Morgan fingerprint density at radius 1 is 1.38 bits per heavy atom. The summed E-state index contributed by atoms with van der Waals surface area (Å²) in [4.78, 5) is 10.8. The zero-order valence-corrected chi connectivity index (χ0v) is 8.27. The number of ketones is 1. The summed E-state index contributed by atoms with van der Waals surface area (Å²) in [5.74, 6) is -2.46. The number of carbonyl (C=O) groups excluding carboxylic acids is 1. The Morgan fingerprint density at radius 2 is 2.00 bits per heavy atom. The van der Waals surface area contributed by atoms with E-state index in [9.17, 15) is 22.4 Å². The van der Waals surface area contributed by atoms with Crippen LogP contribution in [-0.4, -0.2) is 12.1 Å². The first-order valence-electron chi connectivity index (χ1n) is 4.32. The third kappa shape index (κ3) is 3.52. The molecule has 0 spiro atoms. The first-order chi connectivity index (χ1) is 7.29. The summed E-state index contributed by atoms with van der Waals surface area (Å²) in [6.07, 6.45) is -5.28. The topological polar surface area (TPSA) is 26.3 Å². The largest absolute Gasteiger partial charge is 0.573 e. The fourth-order valence-electron chi connectivity index (χ4n) is 1.19. The fourth-order valence-corrected chi connectivity index (χ4v) is 1.19. The molecule has 0 bridgehead atoms. The lowest BCUT2D eigenvalue weighted by atomic mass is 10.1. The van der Waals surface area contributed by atoms with Crippen LogP contribution in [0.4, 0.5) is 17.6 Å². The normalized spacial score (nSPS) is 11.3. The van der Waals surface area contributed by atoms with E-state index in [0.717, 1.165) is 6.07 Å². The number of ether oxygens (including phenoxy) is 1. The molecule has 1 aromatic carbocycles. The summed E-state index contributed by atoms with van der Waals surface area (Å²) < 4.78 is 52.5. The minimum absolute atomic E-state index is 0.121. The van der Waals surface area contributed by atoms with E-state index in [2.05, 4.69) is 4.74 Å². The SMILES string of the molecule is CC(=O)Cc1cccc(F)c1OC(F)(F)F. The maximum atomic E-state index is 13.1. The Kier molecular flexibility index (Phi) is 3.51. The van der Waals surface area contributed by atoms with Crippen LogP contribution in [0.2, 0.25) is 0 Å². The summed E-state index contributed by atoms with van der Waals surface area (Å²) in [6.45, 7) is 1.20. The summed E-state index contributed by atoms with van der Waals surface area (Å²) in [5.41, 5.74) is -0.121. The van der Waals surface area contributed by atoms with Crippen LogP contribution in [0.1, 0.15) is 12.5 Å². The fraction of sp³-hybridized carbons (Fsp3) is 0.300. The molecule has 0 aliphatic carbocycles. The number of hydrogen-bond donors (Lipinski definition) is 0. The molecule has 0 radical (unpaired) electrons. The van der Waals surface area contributed by atoms with Crippen LogP contribution in [0.5, 0.6) is 5.75 Å². The van der Waals surface area contributed by atoms with Gasteiger partial charge in [-0.3, -0.25) is 4.79 Å². The monoisotopic (exact) mass is 236 g/mol. The Morgan fingerprint density at radius 3 is 2.50 bits per heavy atom. The van der Waals surface area contributed by atoms with Gasteiger partial charge < -0.3 is 4.74 Å². The molecular weight excluding hydrogens is 228 g/mol. The minimum Gasteiger partial charge on any atom is -0.402 e. The van der Waals surface area contributed by atoms with Gasteiger partial charge in [0.1, 0.15) is 5.78 Å². The molecule has 0 N–H and O–H groups in total. The third-order valence-corrected chi connectivity index (χ3v) is 1.71. The van der Waals surface area contributed by atoms with E-state index in [1.165, 1.54) is 19.1 Å². The molecule has 0 aromatic heterocycles. The van der Waals surface area contributed by atoms with Crippen LogP contribution in [0, 0.1) is 5.82 Å². The molecular formula is C10H8F4O2. The van der Waals surface area contributed by atoms with Crippen molar-refractivity contribution in [3.8, 4) is 5.75 Å². The number of carbonyl (C=O) groups is 1. The molecule has 2 nitrogen and oxygen atoms in total. The van der Waals surface area contributed by atoms with Gasteiger partial charge in [-0.15, -0.1) is 13.2 Å². The second kappa shape index (κ2) is 4.51. The van der Waals surface area contributed by atoms with Gasteiger partial charge in [-0.05, 0) is 13.0 Å². The molecule has 0 amide bonds. The van der Waals surface area contributed by atoms with Gasteiger partial charge in [0.15, 0.2) is 11.6 Å². The lowest BCUT2D eigenvalue weighted by Gasteiger charge is -2.13. The van der Waals surface area contributed by atoms with E-state index < -0.39 is 17.9 Å². The second-order valence-electron chi connectivity index (χ2n) is 3.15. The Hall–Kier alpha value is -1.59. The average Bonchev–Trinajstić information content (AvgIpc) is 2.08. The zero-order chi connectivity index (χ0) is 12.3. The van der Waals surface area contributed by atoms with Crippen LogP contribution in [0.25, 0.3) is 0 Å². The van der Waals surface area contributed by atoms with E-state index in [-0.39, 0.29) is 17.8 Å². The van der Waals surface area contributed by atoms with E-state index in [1.54, 1.807) is 0 Å². The predicted molar refractivity (Wildman–Crippen MR) is 47.5 cm³/mol. The van der Waals surface area contributed by atoms with Crippen molar-refractivity contribution in [3.05, 3.63) is 29.6 Å². The number of benzene rings is 1. The Balaban J connectivity index is 3.08. The van der Waals surface area contributed by atoms with E-state index in [0.29, 0.717) is 0 Å². The van der Waals surface area contributed by atoms with Gasteiger partial charge in [-0.25, -0.2) is 4.39 Å². The van der Waals surface area contributed by atoms with Crippen molar-refractivity contribution >= 4 is 5.78 Å². The van der Waals surface area contributed by atoms with Crippen molar-refractivity contribution in [3.63, 3.8) is 0 Å². The summed E-state index contributed by atoms with van der Waals surface area (Å²) in [7, 11) is 0. The molecule has 0 heterocycles. The predicted octanol–water partition coefficient (Wildman–Crippen LogP) is 2.86. The van der Waals surface area contributed by atoms with Gasteiger partial charge in [0.05, 0.1) is 0 Å². The smallest absolute Gasteiger partial charge is 0.402 e. The standard InChI is InChI=1S/C10H8F4O2/c1-6(15)5-7-3-2-4-8(11)9(7)16-10(12,13)14/h2-4H,5H2,1H3. The van der Waals surface area contributed by atoms with Crippen LogP contribution < -0.4 is 4.74 Å². The summed E-state index contributed by atoms with van der Waals surface area (Å²) in [5, 5.41) is 0. The summed E-state index contributed by atoms with van der Waals surface area (Å²) >= 11 is 0. The van der Waals surface area contributed by atoms with Gasteiger partial charge in [0.2, 0.25) is 0 Å². The van der Waals surface area contributed by atoms with Gasteiger partial charge in [0, 0.05) is 12.0 Å². The van der Waals surface area contributed by atoms with Crippen molar-refractivity contribution in [2.45, 2.75) is 19.7 Å². The van der Waals surface area contributed by atoms with Gasteiger partial charge in [0.25, 0.3) is 0 Å². The highest BCUT2D eigenvalue weighted by molar-refractivity contribution is 5.78. The lowest BCUT2D eigenvalue weighted by Crippen LogP contribution is -2.19. The van der Waals surface area contributed by atoms with Crippen molar-refractivity contribution in [1.29, 1.82) is 0 Å². The van der Waals surface area contributed by atoms with E-state index in [1.807, 2.05) is 0 Å². The van der Waals surface area contributed by atoms with E-state index in [4.69, 9.17) is 0 Å². The maximum Gasteiger partial charge on any atom is 0.573 e. The summed E-state index contributed by atoms with van der Waals surface area (Å²) in [6, 6.07) is 3.27.